The largest absolute Gasteiger partial charge is 0.467 e. The summed E-state index contributed by atoms with van der Waals surface area (Å²) in [6.07, 6.45) is 5.96. The highest BCUT2D eigenvalue weighted by molar-refractivity contribution is 5.92. The van der Waals surface area contributed by atoms with Crippen molar-refractivity contribution in [2.45, 2.75) is 46.8 Å². The SMILES string of the molecule is CCn1nc(CC(C)C)cc1C(=O)N(Cc1ccncc1)Cc1ccco1. The summed E-state index contributed by atoms with van der Waals surface area (Å²) in [7, 11) is 0. The second-order valence-corrected chi connectivity index (χ2v) is 7.03. The van der Waals surface area contributed by atoms with Crippen LogP contribution < -0.4 is 0 Å². The van der Waals surface area contributed by atoms with Gasteiger partial charge in [-0.15, -0.1) is 0 Å². The van der Waals surface area contributed by atoms with Crippen LogP contribution in [-0.2, 0) is 26.1 Å². The minimum Gasteiger partial charge on any atom is -0.467 e. The molecular formula is C21H26N4O2. The van der Waals surface area contributed by atoms with Crippen molar-refractivity contribution < 1.29 is 9.21 Å². The molecule has 6 heteroatoms. The molecule has 0 unspecified atom stereocenters. The summed E-state index contributed by atoms with van der Waals surface area (Å²) >= 11 is 0. The third-order valence-corrected chi connectivity index (χ3v) is 4.30. The van der Waals surface area contributed by atoms with Crippen LogP contribution in [0.15, 0.2) is 53.4 Å². The number of pyridine rings is 1. The van der Waals surface area contributed by atoms with Crippen LogP contribution in [0.5, 0.6) is 0 Å². The number of carbonyl (C=O) groups is 1. The number of hydrogen-bond acceptors (Lipinski definition) is 4. The van der Waals surface area contributed by atoms with Crippen LogP contribution in [0.1, 0.15) is 48.3 Å². The van der Waals surface area contributed by atoms with E-state index in [2.05, 4.69) is 23.9 Å². The second-order valence-electron chi connectivity index (χ2n) is 7.03. The van der Waals surface area contributed by atoms with Crippen molar-refractivity contribution in [2.75, 3.05) is 0 Å². The summed E-state index contributed by atoms with van der Waals surface area (Å²) in [6, 6.07) is 9.48. The van der Waals surface area contributed by atoms with Crippen LogP contribution in [0.4, 0.5) is 0 Å². The Morgan fingerprint density at radius 3 is 2.63 bits per heavy atom. The Morgan fingerprint density at radius 2 is 2.00 bits per heavy atom. The van der Waals surface area contributed by atoms with E-state index in [1.165, 1.54) is 0 Å². The van der Waals surface area contributed by atoms with Crippen molar-refractivity contribution in [3.8, 4) is 0 Å². The zero-order valence-electron chi connectivity index (χ0n) is 16.1. The monoisotopic (exact) mass is 366 g/mol. The predicted octanol–water partition coefficient (Wildman–Crippen LogP) is 3.93. The lowest BCUT2D eigenvalue weighted by atomic mass is 10.1. The minimum absolute atomic E-state index is 0.0485. The third kappa shape index (κ3) is 4.84. The van der Waals surface area contributed by atoms with E-state index in [0.717, 1.165) is 23.4 Å². The van der Waals surface area contributed by atoms with Gasteiger partial charge in [0.1, 0.15) is 11.5 Å². The molecule has 0 N–H and O–H groups in total. The van der Waals surface area contributed by atoms with E-state index in [1.807, 2.05) is 37.3 Å². The molecule has 1 amide bonds. The van der Waals surface area contributed by atoms with Crippen molar-refractivity contribution in [2.24, 2.45) is 5.92 Å². The van der Waals surface area contributed by atoms with Gasteiger partial charge < -0.3 is 9.32 Å². The predicted molar refractivity (Wildman–Crippen MR) is 103 cm³/mol. The lowest BCUT2D eigenvalue weighted by molar-refractivity contribution is 0.0705. The highest BCUT2D eigenvalue weighted by Crippen LogP contribution is 2.17. The Labute approximate surface area is 159 Å². The highest BCUT2D eigenvalue weighted by Gasteiger charge is 2.22. The Bertz CT molecular complexity index is 854. The summed E-state index contributed by atoms with van der Waals surface area (Å²) in [4.78, 5) is 19.2. The van der Waals surface area contributed by atoms with Crippen molar-refractivity contribution in [3.05, 3.63) is 71.7 Å². The van der Waals surface area contributed by atoms with Crippen LogP contribution >= 0.6 is 0 Å². The number of rotatable bonds is 8. The average molecular weight is 366 g/mol. The molecule has 0 radical (unpaired) electrons. The third-order valence-electron chi connectivity index (χ3n) is 4.30. The molecule has 0 aromatic carbocycles. The van der Waals surface area contributed by atoms with Gasteiger partial charge in [-0.3, -0.25) is 14.5 Å². The van der Waals surface area contributed by atoms with Gasteiger partial charge in [-0.2, -0.15) is 5.10 Å². The Morgan fingerprint density at radius 1 is 1.22 bits per heavy atom. The van der Waals surface area contributed by atoms with Crippen molar-refractivity contribution in [1.29, 1.82) is 0 Å². The summed E-state index contributed by atoms with van der Waals surface area (Å²) in [6.45, 7) is 7.85. The second kappa shape index (κ2) is 8.66. The number of aromatic nitrogens is 3. The maximum absolute atomic E-state index is 13.4. The fourth-order valence-electron chi connectivity index (χ4n) is 3.06. The topological polar surface area (TPSA) is 64.2 Å². The molecule has 0 spiro atoms. The van der Waals surface area contributed by atoms with Gasteiger partial charge in [0.15, 0.2) is 0 Å². The van der Waals surface area contributed by atoms with Crippen LogP contribution in [0.2, 0.25) is 0 Å². The summed E-state index contributed by atoms with van der Waals surface area (Å²) in [5, 5.41) is 4.61. The number of aryl methyl sites for hydroxylation is 1. The molecule has 27 heavy (non-hydrogen) atoms. The van der Waals surface area contributed by atoms with E-state index in [1.54, 1.807) is 28.2 Å². The normalized spacial score (nSPS) is 11.1. The van der Waals surface area contributed by atoms with Gasteiger partial charge in [-0.05, 0) is 55.2 Å². The fourth-order valence-corrected chi connectivity index (χ4v) is 3.06. The van der Waals surface area contributed by atoms with Gasteiger partial charge in [-0.25, -0.2) is 0 Å². The molecule has 0 fully saturated rings. The molecule has 0 aliphatic rings. The smallest absolute Gasteiger partial charge is 0.272 e. The standard InChI is InChI=1S/C21H26N4O2/c1-4-25-20(13-18(23-25)12-16(2)3)21(26)24(15-19-6-5-11-27-19)14-17-7-9-22-10-8-17/h5-11,13,16H,4,12,14-15H2,1-3H3. The molecule has 0 aliphatic heterocycles. The number of furan rings is 1. The first-order valence-corrected chi connectivity index (χ1v) is 9.34. The van der Waals surface area contributed by atoms with E-state index in [0.29, 0.717) is 31.2 Å². The van der Waals surface area contributed by atoms with Gasteiger partial charge in [0.05, 0.1) is 18.5 Å². The molecule has 0 saturated heterocycles. The maximum Gasteiger partial charge on any atom is 0.272 e. The van der Waals surface area contributed by atoms with E-state index in [-0.39, 0.29) is 5.91 Å². The molecule has 0 bridgehead atoms. The fraction of sp³-hybridized carbons (Fsp3) is 0.381. The van der Waals surface area contributed by atoms with Gasteiger partial charge in [0.2, 0.25) is 0 Å². The molecule has 3 heterocycles. The zero-order valence-corrected chi connectivity index (χ0v) is 16.1. The molecule has 3 aromatic heterocycles. The number of carbonyl (C=O) groups excluding carboxylic acids is 1. The highest BCUT2D eigenvalue weighted by atomic mass is 16.3. The summed E-state index contributed by atoms with van der Waals surface area (Å²) in [5.41, 5.74) is 2.60. The molecular weight excluding hydrogens is 340 g/mol. The first kappa shape index (κ1) is 18.9. The van der Waals surface area contributed by atoms with Gasteiger partial charge in [0.25, 0.3) is 5.91 Å². The van der Waals surface area contributed by atoms with Crippen LogP contribution in [0.3, 0.4) is 0 Å². The zero-order chi connectivity index (χ0) is 19.2. The molecule has 142 valence electrons. The Hall–Kier alpha value is -2.89. The van der Waals surface area contributed by atoms with Crippen molar-refractivity contribution >= 4 is 5.91 Å². The van der Waals surface area contributed by atoms with Gasteiger partial charge >= 0.3 is 0 Å². The van der Waals surface area contributed by atoms with E-state index >= 15 is 0 Å². The lowest BCUT2D eigenvalue weighted by Gasteiger charge is -2.22. The quantitative estimate of drug-likeness (QED) is 0.606. The lowest BCUT2D eigenvalue weighted by Crippen LogP contribution is -2.31. The molecule has 0 aliphatic carbocycles. The van der Waals surface area contributed by atoms with Crippen molar-refractivity contribution in [1.82, 2.24) is 19.7 Å². The number of hydrogen-bond donors (Lipinski definition) is 0. The minimum atomic E-state index is -0.0485. The molecule has 3 rings (SSSR count). The Balaban J connectivity index is 1.88. The summed E-state index contributed by atoms with van der Waals surface area (Å²) in [5.74, 6) is 1.19. The maximum atomic E-state index is 13.4. The molecule has 0 atom stereocenters. The van der Waals surface area contributed by atoms with Crippen LogP contribution in [0, 0.1) is 5.92 Å². The molecule has 6 nitrogen and oxygen atoms in total. The first-order chi connectivity index (χ1) is 13.1. The first-order valence-electron chi connectivity index (χ1n) is 9.34. The van der Waals surface area contributed by atoms with E-state index in [9.17, 15) is 4.79 Å². The average Bonchev–Trinajstić information content (AvgIpc) is 3.30. The van der Waals surface area contributed by atoms with E-state index in [4.69, 9.17) is 4.42 Å². The molecule has 0 saturated carbocycles. The van der Waals surface area contributed by atoms with Gasteiger partial charge in [0, 0.05) is 25.5 Å². The van der Waals surface area contributed by atoms with Gasteiger partial charge in [-0.1, -0.05) is 13.8 Å². The molecule has 3 aromatic rings. The van der Waals surface area contributed by atoms with Crippen molar-refractivity contribution in [3.63, 3.8) is 0 Å². The Kier molecular flexibility index (Phi) is 6.06. The number of amides is 1. The summed E-state index contributed by atoms with van der Waals surface area (Å²) < 4.78 is 7.27. The van der Waals surface area contributed by atoms with Crippen LogP contribution in [0.25, 0.3) is 0 Å². The number of nitrogens with zero attached hydrogens (tertiary/aromatic N) is 4. The van der Waals surface area contributed by atoms with Crippen LogP contribution in [-0.4, -0.2) is 25.6 Å². The van der Waals surface area contributed by atoms with E-state index < -0.39 is 0 Å².